The van der Waals surface area contributed by atoms with E-state index >= 15 is 0 Å². The molecular weight excluding hydrogens is 230 g/mol. The number of piperidine rings is 1. The molecule has 104 valence electrons. The van der Waals surface area contributed by atoms with Gasteiger partial charge in [0.1, 0.15) is 12.1 Å². The van der Waals surface area contributed by atoms with Crippen LogP contribution in [-0.2, 0) is 14.3 Å². The molecule has 1 N–H and O–H groups in total. The van der Waals surface area contributed by atoms with Gasteiger partial charge in [0.25, 0.3) is 0 Å². The number of rotatable bonds is 2. The van der Waals surface area contributed by atoms with Gasteiger partial charge in [0.15, 0.2) is 0 Å². The van der Waals surface area contributed by atoms with Crippen molar-refractivity contribution in [3.63, 3.8) is 0 Å². The molecule has 4 nitrogen and oxygen atoms in total. The molecule has 2 rings (SSSR count). The molecule has 0 aromatic carbocycles. The zero-order valence-electron chi connectivity index (χ0n) is 11.6. The molecule has 0 aliphatic carbocycles. The molecule has 2 fully saturated rings. The molecule has 0 saturated carbocycles. The van der Waals surface area contributed by atoms with Gasteiger partial charge in [0.2, 0.25) is 0 Å². The minimum Gasteiger partial charge on any atom is -0.461 e. The van der Waals surface area contributed by atoms with E-state index < -0.39 is 0 Å². The van der Waals surface area contributed by atoms with Crippen molar-refractivity contribution in [3.8, 4) is 0 Å². The standard InChI is InChI=1S/C14H25NO3/c1-9-4-5-15-13(6-9)14(16)18-12-7-10(2)17-11(3)8-12/h9-13,15H,4-8H2,1-3H3. The molecule has 0 bridgehead atoms. The van der Waals surface area contributed by atoms with Crippen LogP contribution in [0.4, 0.5) is 0 Å². The largest absolute Gasteiger partial charge is 0.461 e. The lowest BCUT2D eigenvalue weighted by Crippen LogP contribution is -2.46. The number of carbonyl (C=O) groups excluding carboxylic acids is 1. The molecule has 0 radical (unpaired) electrons. The average Bonchev–Trinajstić information content (AvgIpc) is 2.27. The van der Waals surface area contributed by atoms with E-state index in [4.69, 9.17) is 9.47 Å². The summed E-state index contributed by atoms with van der Waals surface area (Å²) in [5.74, 6) is 0.532. The number of esters is 1. The minimum atomic E-state index is -0.109. The summed E-state index contributed by atoms with van der Waals surface area (Å²) in [6.07, 6.45) is 4.07. The molecule has 0 aromatic rings. The third kappa shape index (κ3) is 3.69. The summed E-state index contributed by atoms with van der Waals surface area (Å²) in [5.41, 5.74) is 0. The second-order valence-electron chi connectivity index (χ2n) is 5.92. The molecule has 18 heavy (non-hydrogen) atoms. The molecule has 4 heteroatoms. The summed E-state index contributed by atoms with van der Waals surface area (Å²) >= 11 is 0. The zero-order chi connectivity index (χ0) is 13.1. The lowest BCUT2D eigenvalue weighted by Gasteiger charge is -2.33. The molecule has 0 spiro atoms. The molecule has 4 unspecified atom stereocenters. The Morgan fingerprint density at radius 3 is 2.44 bits per heavy atom. The van der Waals surface area contributed by atoms with E-state index in [1.54, 1.807) is 0 Å². The number of hydrogen-bond acceptors (Lipinski definition) is 4. The van der Waals surface area contributed by atoms with Gasteiger partial charge < -0.3 is 14.8 Å². The number of nitrogens with one attached hydrogen (secondary N) is 1. The quantitative estimate of drug-likeness (QED) is 0.765. The van der Waals surface area contributed by atoms with Crippen LogP contribution in [0.25, 0.3) is 0 Å². The molecular formula is C14H25NO3. The van der Waals surface area contributed by atoms with Gasteiger partial charge in [-0.1, -0.05) is 6.92 Å². The predicted octanol–water partition coefficient (Wildman–Crippen LogP) is 1.87. The van der Waals surface area contributed by atoms with Crippen LogP contribution in [0.3, 0.4) is 0 Å². The van der Waals surface area contributed by atoms with Crippen LogP contribution in [0.1, 0.15) is 46.5 Å². The van der Waals surface area contributed by atoms with Gasteiger partial charge in [-0.3, -0.25) is 4.79 Å². The van der Waals surface area contributed by atoms with Gasteiger partial charge in [-0.25, -0.2) is 0 Å². The van der Waals surface area contributed by atoms with Crippen LogP contribution in [-0.4, -0.2) is 36.9 Å². The van der Waals surface area contributed by atoms with Gasteiger partial charge in [0, 0.05) is 12.8 Å². The smallest absolute Gasteiger partial charge is 0.323 e. The van der Waals surface area contributed by atoms with Gasteiger partial charge >= 0.3 is 5.97 Å². The SMILES string of the molecule is CC1CCNC(C(=O)OC2CC(C)OC(C)C2)C1. The monoisotopic (exact) mass is 255 g/mol. The fourth-order valence-electron chi connectivity index (χ4n) is 2.97. The highest BCUT2D eigenvalue weighted by atomic mass is 16.6. The first-order valence-corrected chi connectivity index (χ1v) is 7.14. The minimum absolute atomic E-state index is 0.0234. The number of hydrogen-bond donors (Lipinski definition) is 1. The molecule has 2 saturated heterocycles. The van der Waals surface area contributed by atoms with E-state index in [1.165, 1.54) is 0 Å². The fourth-order valence-corrected chi connectivity index (χ4v) is 2.97. The highest BCUT2D eigenvalue weighted by molar-refractivity contribution is 5.76. The lowest BCUT2D eigenvalue weighted by atomic mass is 9.94. The summed E-state index contributed by atoms with van der Waals surface area (Å²) in [5, 5.41) is 3.26. The van der Waals surface area contributed by atoms with Crippen LogP contribution < -0.4 is 5.32 Å². The Kier molecular flexibility index (Phi) is 4.62. The van der Waals surface area contributed by atoms with E-state index in [1.807, 2.05) is 13.8 Å². The van der Waals surface area contributed by atoms with E-state index in [2.05, 4.69) is 12.2 Å². The second-order valence-corrected chi connectivity index (χ2v) is 5.92. The van der Waals surface area contributed by atoms with Crippen LogP contribution in [0, 0.1) is 5.92 Å². The lowest BCUT2D eigenvalue weighted by molar-refractivity contribution is -0.163. The Labute approximate surface area is 109 Å². The van der Waals surface area contributed by atoms with Crippen molar-refractivity contribution in [1.29, 1.82) is 0 Å². The van der Waals surface area contributed by atoms with Crippen molar-refractivity contribution >= 4 is 5.97 Å². The Balaban J connectivity index is 1.83. The third-order valence-electron chi connectivity index (χ3n) is 3.89. The summed E-state index contributed by atoms with van der Waals surface area (Å²) < 4.78 is 11.3. The first-order chi connectivity index (χ1) is 8.54. The maximum atomic E-state index is 12.1. The van der Waals surface area contributed by atoms with Gasteiger partial charge in [-0.05, 0) is 39.2 Å². The highest BCUT2D eigenvalue weighted by Gasteiger charge is 2.31. The summed E-state index contributed by atoms with van der Waals surface area (Å²) in [6, 6.07) is -0.109. The van der Waals surface area contributed by atoms with Crippen molar-refractivity contribution in [2.24, 2.45) is 5.92 Å². The van der Waals surface area contributed by atoms with Crippen LogP contribution in [0.15, 0.2) is 0 Å². The topological polar surface area (TPSA) is 47.6 Å². The summed E-state index contributed by atoms with van der Waals surface area (Å²) in [7, 11) is 0. The molecule has 2 aliphatic heterocycles. The third-order valence-corrected chi connectivity index (χ3v) is 3.89. The predicted molar refractivity (Wildman–Crippen MR) is 69.3 cm³/mol. The van der Waals surface area contributed by atoms with E-state index in [9.17, 15) is 4.79 Å². The first-order valence-electron chi connectivity index (χ1n) is 7.14. The molecule has 2 aliphatic rings. The summed E-state index contributed by atoms with van der Waals surface area (Å²) in [4.78, 5) is 12.1. The Hall–Kier alpha value is -0.610. The van der Waals surface area contributed by atoms with Crippen molar-refractivity contribution in [3.05, 3.63) is 0 Å². The Morgan fingerprint density at radius 2 is 1.83 bits per heavy atom. The molecule has 0 aromatic heterocycles. The van der Waals surface area contributed by atoms with E-state index in [0.29, 0.717) is 5.92 Å². The van der Waals surface area contributed by atoms with E-state index in [-0.39, 0.29) is 30.3 Å². The van der Waals surface area contributed by atoms with Crippen molar-refractivity contribution < 1.29 is 14.3 Å². The average molecular weight is 255 g/mol. The van der Waals surface area contributed by atoms with Gasteiger partial charge in [-0.2, -0.15) is 0 Å². The van der Waals surface area contributed by atoms with Crippen LogP contribution >= 0.6 is 0 Å². The first kappa shape index (κ1) is 13.8. The normalized spacial score (nSPS) is 41.4. The van der Waals surface area contributed by atoms with Crippen molar-refractivity contribution in [2.75, 3.05) is 6.54 Å². The molecule has 0 amide bonds. The number of carbonyl (C=O) groups is 1. The second kappa shape index (κ2) is 6.02. The fraction of sp³-hybridized carbons (Fsp3) is 0.929. The maximum absolute atomic E-state index is 12.1. The Morgan fingerprint density at radius 1 is 1.17 bits per heavy atom. The molecule has 2 heterocycles. The van der Waals surface area contributed by atoms with Crippen LogP contribution in [0.2, 0.25) is 0 Å². The molecule has 4 atom stereocenters. The van der Waals surface area contributed by atoms with Crippen molar-refractivity contribution in [1.82, 2.24) is 5.32 Å². The van der Waals surface area contributed by atoms with Crippen LogP contribution in [0.5, 0.6) is 0 Å². The zero-order valence-corrected chi connectivity index (χ0v) is 11.6. The highest BCUT2D eigenvalue weighted by Crippen LogP contribution is 2.23. The number of ether oxygens (including phenoxy) is 2. The van der Waals surface area contributed by atoms with Gasteiger partial charge in [0.05, 0.1) is 12.2 Å². The van der Waals surface area contributed by atoms with Gasteiger partial charge in [-0.15, -0.1) is 0 Å². The van der Waals surface area contributed by atoms with Crippen molar-refractivity contribution in [2.45, 2.75) is 70.8 Å². The maximum Gasteiger partial charge on any atom is 0.323 e. The Bertz CT molecular complexity index is 285. The van der Waals surface area contributed by atoms with E-state index in [0.717, 1.165) is 32.2 Å². The summed E-state index contributed by atoms with van der Waals surface area (Å²) in [6.45, 7) is 7.19.